The molecule has 0 aliphatic heterocycles. The first-order valence-corrected chi connectivity index (χ1v) is 7.26. The third kappa shape index (κ3) is 4.99. The smallest absolute Gasteiger partial charge is 0.0440 e. The molecular formula is C16H26ClN. The summed E-state index contributed by atoms with van der Waals surface area (Å²) < 4.78 is 0. The second kappa shape index (κ2) is 7.16. The van der Waals surface area contributed by atoms with Gasteiger partial charge in [-0.1, -0.05) is 51.4 Å². The van der Waals surface area contributed by atoms with Gasteiger partial charge >= 0.3 is 0 Å². The lowest BCUT2D eigenvalue weighted by atomic mass is 9.89. The molecule has 0 bridgehead atoms. The summed E-state index contributed by atoms with van der Waals surface area (Å²) in [6, 6.07) is 6.92. The Morgan fingerprint density at radius 1 is 1.11 bits per heavy atom. The number of hydrogen-bond acceptors (Lipinski definition) is 1. The van der Waals surface area contributed by atoms with Gasteiger partial charge in [-0.25, -0.2) is 0 Å². The van der Waals surface area contributed by atoms with Crippen molar-refractivity contribution in [2.75, 3.05) is 6.54 Å². The third-order valence-corrected chi connectivity index (χ3v) is 3.92. The maximum Gasteiger partial charge on any atom is 0.0440 e. The zero-order valence-corrected chi connectivity index (χ0v) is 13.0. The van der Waals surface area contributed by atoms with Crippen LogP contribution in [0.25, 0.3) is 0 Å². The highest BCUT2D eigenvalue weighted by atomic mass is 35.5. The fourth-order valence-corrected chi connectivity index (χ4v) is 2.30. The summed E-state index contributed by atoms with van der Waals surface area (Å²) in [7, 11) is 0. The Bertz CT molecular complexity index is 373. The van der Waals surface area contributed by atoms with E-state index in [-0.39, 0.29) is 0 Å². The number of rotatable bonds is 6. The van der Waals surface area contributed by atoms with Crippen molar-refractivity contribution < 1.29 is 0 Å². The van der Waals surface area contributed by atoms with Gasteiger partial charge in [0.1, 0.15) is 0 Å². The molecule has 0 aliphatic rings. The molecule has 102 valence electrons. The van der Waals surface area contributed by atoms with E-state index in [1.54, 1.807) is 0 Å². The van der Waals surface area contributed by atoms with Crippen LogP contribution in [0.5, 0.6) is 0 Å². The molecule has 0 fully saturated rings. The molecule has 0 radical (unpaired) electrons. The van der Waals surface area contributed by atoms with E-state index < -0.39 is 0 Å². The van der Waals surface area contributed by atoms with Gasteiger partial charge in [-0.05, 0) is 48.9 Å². The molecule has 1 rings (SSSR count). The predicted molar refractivity (Wildman–Crippen MR) is 81.4 cm³/mol. The van der Waals surface area contributed by atoms with Crippen LogP contribution in [0.15, 0.2) is 18.2 Å². The summed E-state index contributed by atoms with van der Waals surface area (Å²) in [6.07, 6.45) is 1.06. The molecule has 1 nitrogen and oxygen atoms in total. The van der Waals surface area contributed by atoms with Crippen molar-refractivity contribution in [3.63, 3.8) is 0 Å². The summed E-state index contributed by atoms with van der Waals surface area (Å²) in [5, 5.41) is 4.41. The van der Waals surface area contributed by atoms with Crippen molar-refractivity contribution in [3.8, 4) is 0 Å². The van der Waals surface area contributed by atoms with Crippen molar-refractivity contribution in [1.29, 1.82) is 0 Å². The lowest BCUT2D eigenvalue weighted by molar-refractivity contribution is 0.354. The molecule has 0 spiro atoms. The average Bonchev–Trinajstić information content (AvgIpc) is 2.29. The number of benzene rings is 1. The summed E-state index contributed by atoms with van der Waals surface area (Å²) in [6.45, 7) is 12.1. The maximum atomic E-state index is 6.29. The Morgan fingerprint density at radius 2 is 1.78 bits per heavy atom. The highest BCUT2D eigenvalue weighted by Gasteiger charge is 2.14. The third-order valence-electron chi connectivity index (χ3n) is 3.57. The van der Waals surface area contributed by atoms with Gasteiger partial charge in [-0.15, -0.1) is 0 Å². The van der Waals surface area contributed by atoms with Crippen LogP contribution in [0.1, 0.15) is 38.8 Å². The molecule has 0 aromatic heterocycles. The summed E-state index contributed by atoms with van der Waals surface area (Å²) in [4.78, 5) is 0. The Labute approximate surface area is 117 Å². The average molecular weight is 268 g/mol. The second-order valence-corrected chi connectivity index (χ2v) is 6.22. The Morgan fingerprint density at radius 3 is 2.33 bits per heavy atom. The maximum absolute atomic E-state index is 6.29. The standard InChI is InChI=1S/C16H26ClN/c1-11(2)18-10-14(5)13(4)9-15-7-6-12(3)8-16(15)17/h6-8,11,13-14,18H,9-10H2,1-5H3. The van der Waals surface area contributed by atoms with Gasteiger partial charge in [0.25, 0.3) is 0 Å². The van der Waals surface area contributed by atoms with Gasteiger partial charge in [-0.2, -0.15) is 0 Å². The summed E-state index contributed by atoms with van der Waals surface area (Å²) >= 11 is 6.29. The quantitative estimate of drug-likeness (QED) is 0.802. The van der Waals surface area contributed by atoms with Crippen molar-refractivity contribution in [2.45, 2.75) is 47.1 Å². The van der Waals surface area contributed by atoms with Crippen molar-refractivity contribution in [2.24, 2.45) is 11.8 Å². The predicted octanol–water partition coefficient (Wildman–Crippen LogP) is 4.46. The van der Waals surface area contributed by atoms with E-state index >= 15 is 0 Å². The van der Waals surface area contributed by atoms with Crippen LogP contribution >= 0.6 is 11.6 Å². The molecule has 2 atom stereocenters. The first-order valence-electron chi connectivity index (χ1n) is 6.88. The van der Waals surface area contributed by atoms with Crippen LogP contribution in [-0.4, -0.2) is 12.6 Å². The zero-order valence-electron chi connectivity index (χ0n) is 12.3. The Balaban J connectivity index is 2.55. The molecule has 1 N–H and O–H groups in total. The lowest BCUT2D eigenvalue weighted by Gasteiger charge is -2.22. The fourth-order valence-electron chi connectivity index (χ4n) is 1.99. The molecule has 2 heteroatoms. The second-order valence-electron chi connectivity index (χ2n) is 5.82. The topological polar surface area (TPSA) is 12.0 Å². The van der Waals surface area contributed by atoms with Crippen molar-refractivity contribution >= 4 is 11.6 Å². The molecule has 0 saturated carbocycles. The number of halogens is 1. The first kappa shape index (κ1) is 15.5. The minimum atomic E-state index is 0.558. The van der Waals surface area contributed by atoms with Crippen LogP contribution in [0.3, 0.4) is 0 Å². The van der Waals surface area contributed by atoms with Crippen LogP contribution in [-0.2, 0) is 6.42 Å². The summed E-state index contributed by atoms with van der Waals surface area (Å²) in [5.41, 5.74) is 2.50. The molecule has 0 aliphatic carbocycles. The van der Waals surface area contributed by atoms with Crippen LogP contribution < -0.4 is 5.32 Å². The van der Waals surface area contributed by atoms with E-state index in [2.05, 4.69) is 58.1 Å². The zero-order chi connectivity index (χ0) is 13.7. The van der Waals surface area contributed by atoms with E-state index in [1.807, 2.05) is 0 Å². The van der Waals surface area contributed by atoms with Gasteiger partial charge < -0.3 is 5.32 Å². The van der Waals surface area contributed by atoms with Crippen molar-refractivity contribution in [3.05, 3.63) is 34.3 Å². The van der Waals surface area contributed by atoms with Gasteiger partial charge in [0.05, 0.1) is 0 Å². The fraction of sp³-hybridized carbons (Fsp3) is 0.625. The van der Waals surface area contributed by atoms with Gasteiger partial charge in [0.15, 0.2) is 0 Å². The number of aryl methyl sites for hydroxylation is 1. The molecule has 0 amide bonds. The highest BCUT2D eigenvalue weighted by molar-refractivity contribution is 6.31. The van der Waals surface area contributed by atoms with E-state index in [9.17, 15) is 0 Å². The summed E-state index contributed by atoms with van der Waals surface area (Å²) in [5.74, 6) is 1.29. The minimum absolute atomic E-state index is 0.558. The van der Waals surface area contributed by atoms with E-state index in [4.69, 9.17) is 11.6 Å². The normalized spacial score (nSPS) is 14.8. The van der Waals surface area contributed by atoms with Crippen LogP contribution in [0, 0.1) is 18.8 Å². The first-order chi connectivity index (χ1) is 8.40. The largest absolute Gasteiger partial charge is 0.314 e. The highest BCUT2D eigenvalue weighted by Crippen LogP contribution is 2.23. The molecular weight excluding hydrogens is 242 g/mol. The van der Waals surface area contributed by atoms with Gasteiger partial charge in [-0.3, -0.25) is 0 Å². The van der Waals surface area contributed by atoms with Gasteiger partial charge in [0.2, 0.25) is 0 Å². The van der Waals surface area contributed by atoms with E-state index in [0.717, 1.165) is 18.0 Å². The Kier molecular flexibility index (Phi) is 6.17. The molecule has 0 heterocycles. The molecule has 18 heavy (non-hydrogen) atoms. The van der Waals surface area contributed by atoms with Crippen molar-refractivity contribution in [1.82, 2.24) is 5.32 Å². The number of hydrogen-bond donors (Lipinski definition) is 1. The molecule has 2 unspecified atom stereocenters. The monoisotopic (exact) mass is 267 g/mol. The van der Waals surface area contributed by atoms with E-state index in [0.29, 0.717) is 17.9 Å². The lowest BCUT2D eigenvalue weighted by Crippen LogP contribution is -2.31. The van der Waals surface area contributed by atoms with Gasteiger partial charge in [0, 0.05) is 11.1 Å². The SMILES string of the molecule is Cc1ccc(CC(C)C(C)CNC(C)C)c(Cl)c1. The minimum Gasteiger partial charge on any atom is -0.314 e. The Hall–Kier alpha value is -0.530. The molecule has 1 aromatic carbocycles. The van der Waals surface area contributed by atoms with Crippen LogP contribution in [0.2, 0.25) is 5.02 Å². The van der Waals surface area contributed by atoms with E-state index in [1.165, 1.54) is 11.1 Å². The molecule has 0 saturated heterocycles. The number of nitrogens with one attached hydrogen (secondary N) is 1. The van der Waals surface area contributed by atoms with Crippen LogP contribution in [0.4, 0.5) is 0 Å². The molecule has 1 aromatic rings.